The fraction of sp³-hybridized carbons (Fsp3) is 0.750. The van der Waals surface area contributed by atoms with Gasteiger partial charge in [-0.1, -0.05) is 0 Å². The van der Waals surface area contributed by atoms with Gasteiger partial charge in [0, 0.05) is 40.3 Å². The summed E-state index contributed by atoms with van der Waals surface area (Å²) < 4.78 is 4.72. The van der Waals surface area contributed by atoms with Crippen molar-refractivity contribution in [3.05, 3.63) is 0 Å². The first kappa shape index (κ1) is 16.2. The van der Waals surface area contributed by atoms with Gasteiger partial charge in [-0.05, 0) is 6.92 Å². The zero-order valence-corrected chi connectivity index (χ0v) is 12.2. The van der Waals surface area contributed by atoms with Crippen LogP contribution in [0.15, 0.2) is 0 Å². The van der Waals surface area contributed by atoms with Crippen molar-refractivity contribution in [3.8, 4) is 0 Å². The van der Waals surface area contributed by atoms with Crippen LogP contribution in [0.25, 0.3) is 0 Å². The molecule has 0 bridgehead atoms. The maximum atomic E-state index is 12.0. The van der Waals surface area contributed by atoms with E-state index in [0.717, 1.165) is 0 Å². The van der Waals surface area contributed by atoms with Gasteiger partial charge >= 0.3 is 12.0 Å². The van der Waals surface area contributed by atoms with Crippen LogP contribution in [0.5, 0.6) is 0 Å². The largest absolute Gasteiger partial charge is 0.464 e. The van der Waals surface area contributed by atoms with Gasteiger partial charge in [-0.2, -0.15) is 0 Å². The molecule has 1 atom stereocenters. The molecule has 1 rings (SSSR count). The number of esters is 1. The molecule has 3 amide bonds. The Bertz CT molecular complexity index is 378. The van der Waals surface area contributed by atoms with Crippen LogP contribution in [0.4, 0.5) is 4.79 Å². The molecule has 8 heteroatoms. The molecule has 1 aliphatic rings. The number of amides is 3. The average molecular weight is 286 g/mol. The lowest BCUT2D eigenvalue weighted by molar-refractivity contribution is -0.151. The Hall–Kier alpha value is -1.83. The number of rotatable bonds is 3. The summed E-state index contributed by atoms with van der Waals surface area (Å²) in [5.74, 6) is -1.18. The molecule has 1 saturated heterocycles. The summed E-state index contributed by atoms with van der Waals surface area (Å²) >= 11 is 0. The Kier molecular flexibility index (Phi) is 5.75. The number of hydrogen-bond donors (Lipinski definition) is 1. The fourth-order valence-electron chi connectivity index (χ4n) is 1.93. The fourth-order valence-corrected chi connectivity index (χ4v) is 1.93. The number of carbonyl (C=O) groups excluding carboxylic acids is 3. The highest BCUT2D eigenvalue weighted by atomic mass is 16.5. The predicted molar refractivity (Wildman–Crippen MR) is 71.8 cm³/mol. The smallest absolute Gasteiger partial charge is 0.332 e. The highest BCUT2D eigenvalue weighted by molar-refractivity contribution is 6.01. The Labute approximate surface area is 118 Å². The van der Waals surface area contributed by atoms with Crippen molar-refractivity contribution in [2.24, 2.45) is 5.73 Å². The molecular weight excluding hydrogens is 264 g/mol. The molecule has 114 valence electrons. The monoisotopic (exact) mass is 286 g/mol. The summed E-state index contributed by atoms with van der Waals surface area (Å²) in [6, 6.07) is -1.38. The Balaban J connectivity index is 2.50. The van der Waals surface area contributed by atoms with E-state index < -0.39 is 17.9 Å². The molecule has 0 spiro atoms. The van der Waals surface area contributed by atoms with Gasteiger partial charge in [0.05, 0.1) is 6.61 Å². The van der Waals surface area contributed by atoms with Crippen LogP contribution in [0.2, 0.25) is 0 Å². The average Bonchev–Trinajstić information content (AvgIpc) is 2.45. The van der Waals surface area contributed by atoms with E-state index in [1.807, 2.05) is 0 Å². The molecule has 0 radical (unpaired) electrons. The third kappa shape index (κ3) is 3.83. The van der Waals surface area contributed by atoms with E-state index in [1.54, 1.807) is 25.9 Å². The minimum atomic E-state index is -1.29. The molecule has 0 aromatic rings. The molecule has 1 fully saturated rings. The van der Waals surface area contributed by atoms with Crippen LogP contribution in [0.3, 0.4) is 0 Å². The standard InChI is InChI=1S/C12H22N4O4/c1-4-20-11(18)9(13)10(17)15-5-7-16(8-6-15)12(19)14(2)3/h9H,4-8,13H2,1-3H3. The lowest BCUT2D eigenvalue weighted by Gasteiger charge is -2.36. The maximum absolute atomic E-state index is 12.0. The Morgan fingerprint density at radius 1 is 1.15 bits per heavy atom. The van der Waals surface area contributed by atoms with Crippen molar-refractivity contribution in [1.29, 1.82) is 0 Å². The maximum Gasteiger partial charge on any atom is 0.332 e. The number of nitrogens with zero attached hydrogens (tertiary/aromatic N) is 3. The first-order valence-corrected chi connectivity index (χ1v) is 6.55. The molecule has 1 aliphatic heterocycles. The molecule has 0 aromatic heterocycles. The van der Waals surface area contributed by atoms with Crippen molar-refractivity contribution in [2.75, 3.05) is 46.9 Å². The van der Waals surface area contributed by atoms with Gasteiger partial charge in [0.25, 0.3) is 5.91 Å². The second-order valence-electron chi connectivity index (χ2n) is 4.72. The molecule has 20 heavy (non-hydrogen) atoms. The third-order valence-corrected chi connectivity index (χ3v) is 3.05. The topological polar surface area (TPSA) is 96.2 Å². The van der Waals surface area contributed by atoms with Crippen LogP contribution in [-0.4, -0.2) is 85.5 Å². The highest BCUT2D eigenvalue weighted by Gasteiger charge is 2.31. The van der Waals surface area contributed by atoms with Crippen LogP contribution < -0.4 is 5.73 Å². The first-order chi connectivity index (χ1) is 9.38. The number of carbonyl (C=O) groups is 3. The van der Waals surface area contributed by atoms with Crippen molar-refractivity contribution < 1.29 is 19.1 Å². The molecule has 1 unspecified atom stereocenters. The van der Waals surface area contributed by atoms with E-state index in [-0.39, 0.29) is 12.6 Å². The minimum Gasteiger partial charge on any atom is -0.464 e. The number of nitrogens with two attached hydrogens (primary N) is 1. The van der Waals surface area contributed by atoms with Crippen LogP contribution >= 0.6 is 0 Å². The molecule has 1 heterocycles. The van der Waals surface area contributed by atoms with Crippen LogP contribution in [-0.2, 0) is 14.3 Å². The second kappa shape index (κ2) is 7.09. The number of hydrogen-bond acceptors (Lipinski definition) is 5. The van der Waals surface area contributed by atoms with E-state index in [1.165, 1.54) is 9.80 Å². The normalized spacial score (nSPS) is 16.6. The van der Waals surface area contributed by atoms with E-state index in [9.17, 15) is 14.4 Å². The van der Waals surface area contributed by atoms with Gasteiger partial charge in [-0.15, -0.1) is 0 Å². The summed E-state index contributed by atoms with van der Waals surface area (Å²) in [5.41, 5.74) is 5.57. The van der Waals surface area contributed by atoms with Crippen molar-refractivity contribution in [2.45, 2.75) is 13.0 Å². The molecule has 8 nitrogen and oxygen atoms in total. The van der Waals surface area contributed by atoms with E-state index >= 15 is 0 Å². The predicted octanol–water partition coefficient (Wildman–Crippen LogP) is -1.30. The summed E-state index contributed by atoms with van der Waals surface area (Å²) in [5, 5.41) is 0. The van der Waals surface area contributed by atoms with Crippen molar-refractivity contribution in [3.63, 3.8) is 0 Å². The summed E-state index contributed by atoms with van der Waals surface area (Å²) in [6.45, 7) is 3.43. The molecule has 0 saturated carbocycles. The van der Waals surface area contributed by atoms with Gasteiger partial charge in [0.15, 0.2) is 6.04 Å². The van der Waals surface area contributed by atoms with Gasteiger partial charge in [0.2, 0.25) is 0 Å². The van der Waals surface area contributed by atoms with Gasteiger partial charge in [-0.25, -0.2) is 9.59 Å². The summed E-state index contributed by atoms with van der Waals surface area (Å²) in [6.07, 6.45) is 0. The van der Waals surface area contributed by atoms with Crippen molar-refractivity contribution in [1.82, 2.24) is 14.7 Å². The Morgan fingerprint density at radius 2 is 1.65 bits per heavy atom. The summed E-state index contributed by atoms with van der Waals surface area (Å²) in [7, 11) is 3.35. The molecule has 0 aromatic carbocycles. The lowest BCUT2D eigenvalue weighted by atomic mass is 10.2. The van der Waals surface area contributed by atoms with Crippen LogP contribution in [0, 0.1) is 0 Å². The SMILES string of the molecule is CCOC(=O)C(N)C(=O)N1CCN(C(=O)N(C)C)CC1. The highest BCUT2D eigenvalue weighted by Crippen LogP contribution is 2.06. The van der Waals surface area contributed by atoms with Crippen molar-refractivity contribution >= 4 is 17.9 Å². The van der Waals surface area contributed by atoms with Gasteiger partial charge in [-0.3, -0.25) is 4.79 Å². The zero-order valence-electron chi connectivity index (χ0n) is 12.2. The van der Waals surface area contributed by atoms with E-state index in [2.05, 4.69) is 0 Å². The first-order valence-electron chi connectivity index (χ1n) is 6.55. The van der Waals surface area contributed by atoms with Gasteiger partial charge < -0.3 is 25.2 Å². The molecule has 2 N–H and O–H groups in total. The zero-order chi connectivity index (χ0) is 15.3. The quantitative estimate of drug-likeness (QED) is 0.514. The van der Waals surface area contributed by atoms with Gasteiger partial charge in [0.1, 0.15) is 0 Å². The number of piperazine rings is 1. The lowest BCUT2D eigenvalue weighted by Crippen LogP contribution is -2.57. The molecular formula is C12H22N4O4. The van der Waals surface area contributed by atoms with E-state index in [0.29, 0.717) is 26.2 Å². The minimum absolute atomic E-state index is 0.0909. The van der Waals surface area contributed by atoms with E-state index in [4.69, 9.17) is 10.5 Å². The Morgan fingerprint density at radius 3 is 2.10 bits per heavy atom. The molecule has 0 aliphatic carbocycles. The van der Waals surface area contributed by atoms with Crippen LogP contribution in [0.1, 0.15) is 6.92 Å². The number of urea groups is 1. The number of ether oxygens (including phenoxy) is 1. The third-order valence-electron chi connectivity index (χ3n) is 3.05. The summed E-state index contributed by atoms with van der Waals surface area (Å²) in [4.78, 5) is 39.8. The second-order valence-corrected chi connectivity index (χ2v) is 4.72.